The maximum Gasteiger partial charge on any atom is 0.459 e. The number of esters is 1. The third-order valence-electron chi connectivity index (χ3n) is 11.5. The van der Waals surface area contributed by atoms with E-state index in [9.17, 15) is 18.9 Å². The zero-order valence-electron chi connectivity index (χ0n) is 36.5. The summed E-state index contributed by atoms with van der Waals surface area (Å²) in [6.07, 6.45) is 22.8. The molecule has 15 heteroatoms. The Hall–Kier alpha value is -4.38. The first-order valence-electron chi connectivity index (χ1n) is 22.5. The number of nitrogens with one attached hydrogen (secondary N) is 1. The minimum absolute atomic E-state index is 0.0370. The summed E-state index contributed by atoms with van der Waals surface area (Å²) in [5.74, 6) is 2.12. The standard InChI is InChI=1S/C47H66FN6O7P/c1-4-7-9-11-13-15-19-27-37(28-20-16-14-12-10-8-5-2)33-58-45(56)39(31-36-25-21-17-22-26-36)53-62(57,61-38-29-23-18-24-30-38)59-34-47(6-3)40(55)32-41(60-47)54-35-50-42-43(49)51-46(48)52-44(42)54/h3,17-18,21-26,29-30,35,37,39-41,55H,4-5,7-16,19-20,27-28,31-34H2,1-2H3,(H,53,57)(H2,49,51,52)/t39-,40-,41+,47+,62-/m0/s1. The predicted octanol–water partition coefficient (Wildman–Crippen LogP) is 10.0. The number of nitrogens with two attached hydrogens (primary N) is 1. The van der Waals surface area contributed by atoms with Crippen molar-refractivity contribution < 1.29 is 37.4 Å². The second-order valence-electron chi connectivity index (χ2n) is 16.4. The Kier molecular flexibility index (Phi) is 19.7. The highest BCUT2D eigenvalue weighted by atomic mass is 31.2. The lowest BCUT2D eigenvalue weighted by Gasteiger charge is -2.30. The predicted molar refractivity (Wildman–Crippen MR) is 239 cm³/mol. The van der Waals surface area contributed by atoms with Gasteiger partial charge in [0.2, 0.25) is 0 Å². The van der Waals surface area contributed by atoms with Crippen LogP contribution in [0.2, 0.25) is 0 Å². The minimum atomic E-state index is -4.51. The molecule has 62 heavy (non-hydrogen) atoms. The first-order valence-corrected chi connectivity index (χ1v) is 24.1. The quantitative estimate of drug-likeness (QED) is 0.0155. The van der Waals surface area contributed by atoms with Crippen molar-refractivity contribution in [3.8, 4) is 18.1 Å². The number of anilines is 1. The van der Waals surface area contributed by atoms with Gasteiger partial charge in [0, 0.05) is 6.42 Å². The number of imidazole rings is 1. The fourth-order valence-corrected chi connectivity index (χ4v) is 9.37. The number of nitrogens with zero attached hydrogens (tertiary/aromatic N) is 4. The molecule has 1 aliphatic rings. The molecule has 0 aliphatic carbocycles. The van der Waals surface area contributed by atoms with E-state index in [2.05, 4.69) is 39.8 Å². The summed E-state index contributed by atoms with van der Waals surface area (Å²) in [5.41, 5.74) is 4.98. The first kappa shape index (κ1) is 48.6. The number of benzene rings is 2. The fraction of sp³-hybridized carbons (Fsp3) is 0.574. The molecule has 4 aromatic rings. The summed E-state index contributed by atoms with van der Waals surface area (Å²) < 4.78 is 55.0. The van der Waals surface area contributed by atoms with E-state index < -0.39 is 50.4 Å². The van der Waals surface area contributed by atoms with Crippen LogP contribution in [0.25, 0.3) is 11.2 Å². The van der Waals surface area contributed by atoms with Crippen molar-refractivity contribution in [1.29, 1.82) is 0 Å². The number of carbonyl (C=O) groups excluding carboxylic acids is 1. The lowest BCUT2D eigenvalue weighted by atomic mass is 9.94. The normalized spacial score (nSPS) is 19.0. The molecule has 1 aliphatic heterocycles. The molecule has 0 bridgehead atoms. The fourth-order valence-electron chi connectivity index (χ4n) is 7.85. The van der Waals surface area contributed by atoms with Gasteiger partial charge in [-0.1, -0.05) is 158 Å². The maximum atomic E-state index is 15.0. The van der Waals surface area contributed by atoms with Crippen molar-refractivity contribution in [2.75, 3.05) is 18.9 Å². The molecule has 0 radical (unpaired) electrons. The summed E-state index contributed by atoms with van der Waals surface area (Å²) in [4.78, 5) is 25.8. The number of aromatic nitrogens is 4. The number of hydrogen-bond acceptors (Lipinski definition) is 11. The number of fused-ring (bicyclic) bond motifs is 1. The van der Waals surface area contributed by atoms with Gasteiger partial charge in [0.05, 0.1) is 12.9 Å². The maximum absolute atomic E-state index is 15.0. The summed E-state index contributed by atoms with van der Waals surface area (Å²) in [6.45, 7) is 4.07. The third kappa shape index (κ3) is 14.6. The number of nitrogen functional groups attached to an aromatic ring is 1. The molecule has 5 atom stereocenters. The van der Waals surface area contributed by atoms with Gasteiger partial charge in [0.25, 0.3) is 0 Å². The van der Waals surface area contributed by atoms with E-state index in [4.69, 9.17) is 30.7 Å². The second-order valence-corrected chi connectivity index (χ2v) is 18.1. The van der Waals surface area contributed by atoms with Gasteiger partial charge in [-0.3, -0.25) is 13.9 Å². The molecule has 0 unspecified atom stereocenters. The van der Waals surface area contributed by atoms with E-state index in [-0.39, 0.29) is 48.1 Å². The lowest BCUT2D eigenvalue weighted by Crippen LogP contribution is -2.44. The number of halogens is 1. The number of ether oxygens (including phenoxy) is 2. The molecular weight excluding hydrogens is 811 g/mol. The van der Waals surface area contributed by atoms with Crippen LogP contribution >= 0.6 is 7.75 Å². The largest absolute Gasteiger partial charge is 0.464 e. The van der Waals surface area contributed by atoms with Crippen molar-refractivity contribution in [3.05, 3.63) is 78.6 Å². The van der Waals surface area contributed by atoms with Crippen LogP contribution in [0, 0.1) is 24.3 Å². The van der Waals surface area contributed by atoms with Gasteiger partial charge in [-0.25, -0.2) is 9.55 Å². The molecule has 4 N–H and O–H groups in total. The van der Waals surface area contributed by atoms with Gasteiger partial charge >= 0.3 is 19.8 Å². The SMILES string of the molecule is C#C[C@]1(CO[P@@](=O)(N[C@@H](Cc2ccccc2)C(=O)OCC(CCCCCCCCC)CCCCCCCCC)Oc2ccccc2)O[C@@H](n2cnc3c(N)nc(F)nc32)C[C@@H]1O. The Morgan fingerprint density at radius 2 is 1.56 bits per heavy atom. The van der Waals surface area contributed by atoms with E-state index in [1.54, 1.807) is 30.3 Å². The summed E-state index contributed by atoms with van der Waals surface area (Å²) >= 11 is 0. The number of rotatable bonds is 29. The molecule has 0 amide bonds. The van der Waals surface area contributed by atoms with Crippen LogP contribution in [0.15, 0.2) is 67.0 Å². The number of unbranched alkanes of at least 4 members (excludes halogenated alkanes) is 12. The van der Waals surface area contributed by atoms with Crippen molar-refractivity contribution in [3.63, 3.8) is 0 Å². The number of para-hydroxylation sites is 1. The monoisotopic (exact) mass is 876 g/mol. The Morgan fingerprint density at radius 1 is 0.968 bits per heavy atom. The zero-order chi connectivity index (χ0) is 44.2. The Balaban J connectivity index is 1.32. The summed E-state index contributed by atoms with van der Waals surface area (Å²) in [7, 11) is -4.51. The number of terminal acetylenes is 1. The van der Waals surface area contributed by atoms with Crippen LogP contribution in [0.4, 0.5) is 10.2 Å². The molecule has 0 spiro atoms. The third-order valence-corrected chi connectivity index (χ3v) is 13.0. The second kappa shape index (κ2) is 25.1. The molecular formula is C47H66FN6O7P. The van der Waals surface area contributed by atoms with E-state index in [0.717, 1.165) is 44.1 Å². The highest BCUT2D eigenvalue weighted by Gasteiger charge is 2.50. The van der Waals surface area contributed by atoms with Gasteiger partial charge in [0.1, 0.15) is 30.7 Å². The van der Waals surface area contributed by atoms with Crippen LogP contribution in [0.3, 0.4) is 0 Å². The molecule has 1 fully saturated rings. The van der Waals surface area contributed by atoms with E-state index >= 15 is 0 Å². The Labute approximate surface area is 366 Å². The van der Waals surface area contributed by atoms with Crippen molar-refractivity contribution in [1.82, 2.24) is 24.6 Å². The Morgan fingerprint density at radius 3 is 2.18 bits per heavy atom. The summed E-state index contributed by atoms with van der Waals surface area (Å²) in [5, 5.41) is 14.3. The van der Waals surface area contributed by atoms with Crippen LogP contribution in [0.1, 0.15) is 135 Å². The van der Waals surface area contributed by atoms with Crippen molar-refractivity contribution in [2.24, 2.45) is 5.92 Å². The zero-order valence-corrected chi connectivity index (χ0v) is 37.4. The van der Waals surface area contributed by atoms with Crippen LogP contribution < -0.4 is 15.3 Å². The molecule has 338 valence electrons. The Bertz CT molecular complexity index is 2020. The van der Waals surface area contributed by atoms with Gasteiger partial charge in [-0.15, -0.1) is 6.42 Å². The minimum Gasteiger partial charge on any atom is -0.464 e. The molecule has 2 aromatic heterocycles. The average Bonchev–Trinajstić information content (AvgIpc) is 3.85. The summed E-state index contributed by atoms with van der Waals surface area (Å²) in [6, 6.07) is 16.6. The van der Waals surface area contributed by atoms with E-state index in [1.807, 2.05) is 30.3 Å². The first-order chi connectivity index (χ1) is 30.1. The van der Waals surface area contributed by atoms with Crippen molar-refractivity contribution in [2.45, 2.75) is 153 Å². The number of aliphatic hydroxyl groups excluding tert-OH is 1. The molecule has 1 saturated heterocycles. The number of hydrogen-bond donors (Lipinski definition) is 3. The molecule has 0 saturated carbocycles. The topological polar surface area (TPSA) is 173 Å². The van der Waals surface area contributed by atoms with E-state index in [0.29, 0.717) is 0 Å². The molecule has 2 aromatic carbocycles. The lowest BCUT2D eigenvalue weighted by molar-refractivity contribution is -0.147. The highest BCUT2D eigenvalue weighted by Crippen LogP contribution is 2.48. The average molecular weight is 877 g/mol. The van der Waals surface area contributed by atoms with Gasteiger partial charge in [-0.2, -0.15) is 19.4 Å². The molecule has 13 nitrogen and oxygen atoms in total. The molecule has 5 rings (SSSR count). The smallest absolute Gasteiger partial charge is 0.459 e. The molecule has 3 heterocycles. The number of carbonyl (C=O) groups is 1. The van der Waals surface area contributed by atoms with Crippen molar-refractivity contribution >= 4 is 30.7 Å². The van der Waals surface area contributed by atoms with Gasteiger partial charge in [0.15, 0.2) is 22.6 Å². The van der Waals surface area contributed by atoms with Crippen LogP contribution in [0.5, 0.6) is 5.75 Å². The van der Waals surface area contributed by atoms with Crippen LogP contribution in [-0.2, 0) is 29.8 Å². The van der Waals surface area contributed by atoms with E-state index in [1.165, 1.54) is 75.1 Å². The van der Waals surface area contributed by atoms with Crippen LogP contribution in [-0.4, -0.2) is 61.6 Å². The van der Waals surface area contributed by atoms with Gasteiger partial charge in [-0.05, 0) is 42.9 Å². The highest BCUT2D eigenvalue weighted by molar-refractivity contribution is 7.52. The number of aliphatic hydroxyl groups is 1. The van der Waals surface area contributed by atoms with Gasteiger partial charge < -0.3 is 24.8 Å².